The van der Waals surface area contributed by atoms with Crippen LogP contribution in [-0.4, -0.2) is 37.6 Å². The zero-order valence-corrected chi connectivity index (χ0v) is 24.8. The Labute approximate surface area is 248 Å². The molecule has 10 heteroatoms. The van der Waals surface area contributed by atoms with Crippen LogP contribution in [0.25, 0.3) is 0 Å². The van der Waals surface area contributed by atoms with Crippen LogP contribution < -0.4 is 20.1 Å². The Morgan fingerprint density at radius 2 is 1.63 bits per heavy atom. The van der Waals surface area contributed by atoms with Gasteiger partial charge in [-0.3, -0.25) is 9.59 Å². The molecule has 2 amide bonds. The van der Waals surface area contributed by atoms with Crippen LogP contribution in [0, 0.1) is 6.92 Å². The molecule has 0 bridgehead atoms. The number of benzene rings is 3. The summed E-state index contributed by atoms with van der Waals surface area (Å²) in [6.45, 7) is 5.10. The highest BCUT2D eigenvalue weighted by molar-refractivity contribution is 6.31. The normalized spacial score (nSPS) is 21.6. The topological polar surface area (TPSA) is 103 Å². The zero-order valence-electron chi connectivity index (χ0n) is 23.3. The van der Waals surface area contributed by atoms with Gasteiger partial charge in [-0.25, -0.2) is 4.79 Å². The van der Waals surface area contributed by atoms with Gasteiger partial charge in [0.25, 0.3) is 0 Å². The van der Waals surface area contributed by atoms with E-state index in [1.165, 1.54) is 7.11 Å². The van der Waals surface area contributed by atoms with Crippen molar-refractivity contribution in [3.05, 3.63) is 86.9 Å². The summed E-state index contributed by atoms with van der Waals surface area (Å²) in [5.74, 6) is -1.14. The molecule has 0 aromatic heterocycles. The predicted octanol–water partition coefficient (Wildman–Crippen LogP) is 5.88. The molecule has 5 rings (SSSR count). The summed E-state index contributed by atoms with van der Waals surface area (Å²) in [6, 6.07) is 14.9. The first-order valence-corrected chi connectivity index (χ1v) is 13.8. The lowest BCUT2D eigenvalue weighted by Gasteiger charge is -2.47. The molecule has 214 valence electrons. The fourth-order valence-corrected chi connectivity index (χ4v) is 6.40. The van der Waals surface area contributed by atoms with Crippen LogP contribution in [0.2, 0.25) is 10.0 Å². The van der Waals surface area contributed by atoms with Gasteiger partial charge < -0.3 is 24.8 Å². The minimum absolute atomic E-state index is 0.0600. The average molecular weight is 597 g/mol. The molecule has 1 fully saturated rings. The summed E-state index contributed by atoms with van der Waals surface area (Å²) in [5.41, 5.74) is 0.524. The number of hydrogen-bond acceptors (Lipinski definition) is 6. The lowest BCUT2D eigenvalue weighted by molar-refractivity contribution is -0.156. The minimum Gasteiger partial charge on any atom is -0.496 e. The first-order chi connectivity index (χ1) is 19.4. The molecule has 0 unspecified atom stereocenters. The second-order valence-corrected chi connectivity index (χ2v) is 11.7. The zero-order chi connectivity index (χ0) is 29.7. The molecule has 3 atom stereocenters. The van der Waals surface area contributed by atoms with Crippen molar-refractivity contribution in [1.29, 1.82) is 0 Å². The maximum absolute atomic E-state index is 14.4. The molecule has 0 aliphatic carbocycles. The van der Waals surface area contributed by atoms with E-state index in [2.05, 4.69) is 10.6 Å². The number of anilines is 1. The van der Waals surface area contributed by atoms with Gasteiger partial charge in [0, 0.05) is 39.2 Å². The maximum Gasteiger partial charge on any atom is 0.349 e. The molecular weight excluding hydrogens is 567 g/mol. The molecule has 2 aliphatic heterocycles. The summed E-state index contributed by atoms with van der Waals surface area (Å²) < 4.78 is 16.9. The van der Waals surface area contributed by atoms with Crippen LogP contribution in [-0.2, 0) is 24.5 Å². The molecule has 8 nitrogen and oxygen atoms in total. The van der Waals surface area contributed by atoms with Crippen molar-refractivity contribution in [1.82, 2.24) is 5.32 Å². The van der Waals surface area contributed by atoms with Gasteiger partial charge in [0.1, 0.15) is 16.9 Å². The monoisotopic (exact) mass is 596 g/mol. The van der Waals surface area contributed by atoms with E-state index in [1.807, 2.05) is 25.1 Å². The average Bonchev–Trinajstić information content (AvgIpc) is 3.21. The summed E-state index contributed by atoms with van der Waals surface area (Å²) >= 11 is 12.9. The smallest absolute Gasteiger partial charge is 0.349 e. The fraction of sp³-hybridized carbons (Fsp3) is 0.323. The van der Waals surface area contributed by atoms with Crippen LogP contribution in [0.4, 0.5) is 5.69 Å². The van der Waals surface area contributed by atoms with Gasteiger partial charge in [-0.15, -0.1) is 0 Å². The first kappa shape index (κ1) is 28.8. The van der Waals surface area contributed by atoms with E-state index >= 15 is 0 Å². The van der Waals surface area contributed by atoms with Crippen LogP contribution in [0.5, 0.6) is 11.5 Å². The molecule has 3 aromatic carbocycles. The molecule has 2 N–H and O–H groups in total. The first-order valence-electron chi connectivity index (χ1n) is 13.0. The van der Waals surface area contributed by atoms with Crippen LogP contribution in [0.1, 0.15) is 54.5 Å². The van der Waals surface area contributed by atoms with Crippen LogP contribution in [0.15, 0.2) is 54.6 Å². The van der Waals surface area contributed by atoms with Gasteiger partial charge in [0.15, 0.2) is 5.60 Å². The molecule has 0 saturated carbocycles. The van der Waals surface area contributed by atoms with E-state index in [0.717, 1.165) is 5.56 Å². The van der Waals surface area contributed by atoms with Gasteiger partial charge in [-0.1, -0.05) is 47.0 Å². The number of esters is 1. The Morgan fingerprint density at radius 3 is 2.34 bits per heavy atom. The highest BCUT2D eigenvalue weighted by Crippen LogP contribution is 2.59. The van der Waals surface area contributed by atoms with Crippen molar-refractivity contribution in [2.45, 2.75) is 50.2 Å². The number of fused-ring (bicyclic) bond motifs is 2. The van der Waals surface area contributed by atoms with Gasteiger partial charge in [0.05, 0.1) is 20.3 Å². The van der Waals surface area contributed by atoms with E-state index in [9.17, 15) is 14.4 Å². The number of aryl methyl sites for hydroxylation is 1. The van der Waals surface area contributed by atoms with Crippen molar-refractivity contribution < 1.29 is 28.6 Å². The number of piperidine rings is 1. The van der Waals surface area contributed by atoms with E-state index in [4.69, 9.17) is 37.4 Å². The predicted molar refractivity (Wildman–Crippen MR) is 156 cm³/mol. The summed E-state index contributed by atoms with van der Waals surface area (Å²) in [6.07, 6.45) is -0.0600. The van der Waals surface area contributed by atoms with E-state index in [1.54, 1.807) is 57.4 Å². The number of carbonyl (C=O) groups excluding carboxylic acids is 3. The molecule has 1 saturated heterocycles. The Morgan fingerprint density at radius 1 is 0.951 bits per heavy atom. The number of hydrogen-bond donors (Lipinski definition) is 2. The Bertz CT molecular complexity index is 1570. The quantitative estimate of drug-likeness (QED) is 0.345. The molecule has 1 spiro atoms. The standard InChI is InChI=1S/C31H30Cl2N2O6/c1-16-6-10-24(39-4)20(12-16)27-31(21-9-7-18(33)14-23(21)34-28(31)37)22(15-26(36)35-27)19-13-17(32)8-11-25(19)41-30(2,3)29(38)40-5/h6-14,22,27H,15H2,1-5H3,(H,34,37)(H,35,36)/t22-,27+,31-/m1/s1. The third-order valence-electron chi connectivity index (χ3n) is 7.84. The Kier molecular flexibility index (Phi) is 7.42. The number of methoxy groups -OCH3 is 2. The molecular formula is C31H30Cl2N2O6. The summed E-state index contributed by atoms with van der Waals surface area (Å²) in [7, 11) is 2.82. The molecule has 2 aliphatic rings. The number of nitrogens with one attached hydrogen (secondary N) is 2. The van der Waals surface area contributed by atoms with Crippen molar-refractivity contribution in [3.63, 3.8) is 0 Å². The van der Waals surface area contributed by atoms with Crippen molar-refractivity contribution in [2.75, 3.05) is 19.5 Å². The van der Waals surface area contributed by atoms with Crippen molar-refractivity contribution in [2.24, 2.45) is 0 Å². The number of halogens is 2. The van der Waals surface area contributed by atoms with Gasteiger partial charge in [-0.2, -0.15) is 0 Å². The number of amides is 2. The van der Waals surface area contributed by atoms with Gasteiger partial charge >= 0.3 is 5.97 Å². The van der Waals surface area contributed by atoms with E-state index in [-0.39, 0.29) is 18.2 Å². The molecule has 0 radical (unpaired) electrons. The minimum atomic E-state index is -1.37. The lowest BCUT2D eigenvalue weighted by atomic mass is 9.59. The highest BCUT2D eigenvalue weighted by atomic mass is 35.5. The Hall–Kier alpha value is -3.75. The fourth-order valence-electron chi connectivity index (χ4n) is 6.05. The van der Waals surface area contributed by atoms with E-state index < -0.39 is 28.9 Å². The Balaban J connectivity index is 1.82. The second-order valence-electron chi connectivity index (χ2n) is 10.8. The van der Waals surface area contributed by atoms with Gasteiger partial charge in [0.2, 0.25) is 11.8 Å². The largest absolute Gasteiger partial charge is 0.496 e. The molecule has 41 heavy (non-hydrogen) atoms. The summed E-state index contributed by atoms with van der Waals surface area (Å²) in [5, 5.41) is 6.94. The van der Waals surface area contributed by atoms with Crippen LogP contribution in [0.3, 0.4) is 0 Å². The summed E-state index contributed by atoms with van der Waals surface area (Å²) in [4.78, 5) is 40.5. The highest BCUT2D eigenvalue weighted by Gasteiger charge is 2.62. The third-order valence-corrected chi connectivity index (χ3v) is 8.31. The van der Waals surface area contributed by atoms with Crippen molar-refractivity contribution >= 4 is 46.7 Å². The van der Waals surface area contributed by atoms with Gasteiger partial charge in [-0.05, 0) is 62.7 Å². The SMILES string of the molecule is COC(=O)C(C)(C)Oc1ccc(Cl)cc1[C@H]1CC(=O)N[C@@H](c2cc(C)ccc2OC)[C@]12C(=O)Nc1cc(Cl)ccc12. The molecule has 3 aromatic rings. The second kappa shape index (κ2) is 10.6. The third kappa shape index (κ3) is 4.79. The number of carbonyl (C=O) groups is 3. The van der Waals surface area contributed by atoms with E-state index in [0.29, 0.717) is 43.9 Å². The maximum atomic E-state index is 14.4. The molecule has 2 heterocycles. The number of ether oxygens (including phenoxy) is 3. The van der Waals surface area contributed by atoms with Crippen molar-refractivity contribution in [3.8, 4) is 11.5 Å². The lowest BCUT2D eigenvalue weighted by Crippen LogP contribution is -2.57. The van der Waals surface area contributed by atoms with Crippen LogP contribution >= 0.6 is 23.2 Å². The number of rotatable bonds is 6.